The van der Waals surface area contributed by atoms with Crippen molar-refractivity contribution < 1.29 is 24.3 Å². The molecule has 0 aliphatic heterocycles. The van der Waals surface area contributed by atoms with Gasteiger partial charge in [-0.1, -0.05) is 0 Å². The molecule has 7 nitrogen and oxygen atoms in total. The van der Waals surface area contributed by atoms with Crippen LogP contribution in [0.2, 0.25) is 0 Å². The van der Waals surface area contributed by atoms with E-state index in [9.17, 15) is 19.2 Å². The van der Waals surface area contributed by atoms with E-state index in [1.54, 1.807) is 0 Å². The Labute approximate surface area is 122 Å². The van der Waals surface area contributed by atoms with Gasteiger partial charge in [0.2, 0.25) is 5.91 Å². The molecule has 0 aromatic heterocycles. The summed E-state index contributed by atoms with van der Waals surface area (Å²) in [7, 11) is 0. The van der Waals surface area contributed by atoms with E-state index in [1.807, 2.05) is 0 Å². The zero-order valence-corrected chi connectivity index (χ0v) is 12.2. The van der Waals surface area contributed by atoms with Crippen LogP contribution in [0.3, 0.4) is 0 Å². The minimum Gasteiger partial charge on any atom is -0.480 e. The average Bonchev–Trinajstić information content (AvgIpc) is 2.38. The Kier molecular flexibility index (Phi) is 8.82. The highest BCUT2D eigenvalue weighted by Gasteiger charge is 2.20. The number of carbonyl (C=O) groups excluding carboxylic acids is 3. The Morgan fingerprint density at radius 3 is 2.25 bits per heavy atom. The van der Waals surface area contributed by atoms with Gasteiger partial charge in [-0.3, -0.25) is 14.4 Å². The van der Waals surface area contributed by atoms with Gasteiger partial charge in [0.05, 0.1) is 6.04 Å². The first kappa shape index (κ1) is 18.6. The van der Waals surface area contributed by atoms with Gasteiger partial charge in [-0.05, 0) is 13.3 Å². The molecule has 0 fully saturated rings. The van der Waals surface area contributed by atoms with Gasteiger partial charge >= 0.3 is 5.97 Å². The number of hydrogen-bond acceptors (Lipinski definition) is 6. The van der Waals surface area contributed by atoms with Gasteiger partial charge in [0, 0.05) is 25.0 Å². The number of ketones is 2. The molecule has 0 aliphatic rings. The molecular weight excluding hydrogens is 284 g/mol. The fourth-order valence-electron chi connectivity index (χ4n) is 1.38. The highest BCUT2D eigenvalue weighted by molar-refractivity contribution is 7.80. The van der Waals surface area contributed by atoms with E-state index >= 15 is 0 Å². The number of carboxylic acid groups (broad SMARTS) is 1. The smallest absolute Gasteiger partial charge is 0.320 e. The van der Waals surface area contributed by atoms with Crippen molar-refractivity contribution in [1.82, 2.24) is 5.32 Å². The summed E-state index contributed by atoms with van der Waals surface area (Å²) >= 11 is 3.98. The molecule has 0 saturated carbocycles. The van der Waals surface area contributed by atoms with Crippen molar-refractivity contribution in [2.45, 2.75) is 44.7 Å². The number of thiol groups is 1. The van der Waals surface area contributed by atoms with Crippen LogP contribution in [0.4, 0.5) is 0 Å². The molecule has 0 radical (unpaired) electrons. The second-order valence-corrected chi connectivity index (χ2v) is 4.82. The number of hydrogen-bond donors (Lipinski definition) is 4. The number of carboxylic acids is 1. The number of carbonyl (C=O) groups is 4. The molecule has 8 heteroatoms. The Morgan fingerprint density at radius 1 is 1.20 bits per heavy atom. The maximum absolute atomic E-state index is 11.7. The van der Waals surface area contributed by atoms with Crippen molar-refractivity contribution in [1.29, 1.82) is 0 Å². The second kappa shape index (κ2) is 9.49. The first-order valence-electron chi connectivity index (χ1n) is 6.18. The third-order valence-electron chi connectivity index (χ3n) is 2.63. The summed E-state index contributed by atoms with van der Waals surface area (Å²) in [4.78, 5) is 44.6. The summed E-state index contributed by atoms with van der Waals surface area (Å²) in [6.07, 6.45) is 0.0815. The molecule has 0 heterocycles. The number of nitrogens with two attached hydrogens (primary N) is 1. The summed E-state index contributed by atoms with van der Waals surface area (Å²) in [6, 6.07) is -1.88. The summed E-state index contributed by atoms with van der Waals surface area (Å²) in [5.74, 6) is -1.90. The van der Waals surface area contributed by atoms with Crippen LogP contribution in [-0.2, 0) is 19.2 Å². The van der Waals surface area contributed by atoms with Gasteiger partial charge in [-0.15, -0.1) is 0 Å². The van der Waals surface area contributed by atoms with E-state index in [2.05, 4.69) is 17.9 Å². The van der Waals surface area contributed by atoms with E-state index in [-0.39, 0.29) is 43.0 Å². The van der Waals surface area contributed by atoms with Gasteiger partial charge in [0.25, 0.3) is 0 Å². The molecule has 0 spiro atoms. The predicted octanol–water partition coefficient (Wildman–Crippen LogP) is -0.469. The van der Waals surface area contributed by atoms with Gasteiger partial charge in [0.15, 0.2) is 5.78 Å². The first-order chi connectivity index (χ1) is 9.27. The van der Waals surface area contributed by atoms with Crippen molar-refractivity contribution in [3.05, 3.63) is 0 Å². The first-order valence-corrected chi connectivity index (χ1v) is 6.82. The SMILES string of the molecule is CC(=O)CCC(=O)[C@H](CS)NC(=O)CC[C@H](N)C(=O)O. The van der Waals surface area contributed by atoms with E-state index < -0.39 is 24.0 Å². The zero-order valence-electron chi connectivity index (χ0n) is 11.3. The minimum atomic E-state index is -1.18. The van der Waals surface area contributed by atoms with Crippen LogP contribution in [0.25, 0.3) is 0 Å². The predicted molar refractivity (Wildman–Crippen MR) is 75.6 cm³/mol. The zero-order chi connectivity index (χ0) is 15.7. The van der Waals surface area contributed by atoms with Gasteiger partial charge in [-0.2, -0.15) is 12.6 Å². The highest BCUT2D eigenvalue weighted by atomic mass is 32.1. The molecule has 114 valence electrons. The maximum Gasteiger partial charge on any atom is 0.320 e. The summed E-state index contributed by atoms with van der Waals surface area (Å²) in [6.45, 7) is 1.38. The number of nitrogens with one attached hydrogen (secondary N) is 1. The molecule has 0 bridgehead atoms. The summed E-state index contributed by atoms with van der Waals surface area (Å²) < 4.78 is 0. The van der Waals surface area contributed by atoms with Crippen LogP contribution in [0, 0.1) is 0 Å². The maximum atomic E-state index is 11.7. The Morgan fingerprint density at radius 2 is 1.80 bits per heavy atom. The fraction of sp³-hybridized carbons (Fsp3) is 0.667. The molecule has 0 unspecified atom stereocenters. The van der Waals surface area contributed by atoms with Crippen molar-refractivity contribution in [2.24, 2.45) is 5.73 Å². The summed E-state index contributed by atoms with van der Waals surface area (Å²) in [5.41, 5.74) is 5.27. The summed E-state index contributed by atoms with van der Waals surface area (Å²) in [5, 5.41) is 11.0. The average molecular weight is 304 g/mol. The second-order valence-electron chi connectivity index (χ2n) is 4.45. The molecule has 0 rings (SSSR count). The van der Waals surface area contributed by atoms with Crippen molar-refractivity contribution >= 4 is 36.1 Å². The number of rotatable bonds is 10. The molecule has 0 aromatic rings. The van der Waals surface area contributed by atoms with Gasteiger partial charge in [-0.25, -0.2) is 0 Å². The molecule has 20 heavy (non-hydrogen) atoms. The largest absolute Gasteiger partial charge is 0.480 e. The topological polar surface area (TPSA) is 127 Å². The molecule has 2 atom stereocenters. The fourth-order valence-corrected chi connectivity index (χ4v) is 1.67. The van der Waals surface area contributed by atoms with Crippen molar-refractivity contribution in [3.8, 4) is 0 Å². The molecular formula is C12H20N2O5S. The lowest BCUT2D eigenvalue weighted by Crippen LogP contribution is -2.43. The van der Waals surface area contributed by atoms with Crippen LogP contribution in [0.15, 0.2) is 0 Å². The molecule has 0 saturated heterocycles. The number of Topliss-reactive ketones (excluding diaryl/α,β-unsaturated/α-hetero) is 2. The van der Waals surface area contributed by atoms with Crippen LogP contribution in [0.1, 0.15) is 32.6 Å². The van der Waals surface area contributed by atoms with Crippen LogP contribution >= 0.6 is 12.6 Å². The highest BCUT2D eigenvalue weighted by Crippen LogP contribution is 2.02. The van der Waals surface area contributed by atoms with E-state index in [0.29, 0.717) is 0 Å². The standard InChI is InChI=1S/C12H20N2O5S/c1-7(15)2-4-10(16)9(6-20)14-11(17)5-3-8(13)12(18)19/h8-9,20H,2-6,13H2,1H3,(H,14,17)(H,18,19)/t8-,9-/m0/s1. The lowest BCUT2D eigenvalue weighted by atomic mass is 10.1. The molecule has 4 N–H and O–H groups in total. The normalized spacial score (nSPS) is 13.3. The molecule has 0 aliphatic carbocycles. The number of aliphatic carboxylic acids is 1. The van der Waals surface area contributed by atoms with Crippen LogP contribution < -0.4 is 11.1 Å². The van der Waals surface area contributed by atoms with Gasteiger partial charge < -0.3 is 21.0 Å². The lowest BCUT2D eigenvalue weighted by Gasteiger charge is -2.15. The molecule has 0 aromatic carbocycles. The van der Waals surface area contributed by atoms with E-state index in [1.165, 1.54) is 6.92 Å². The van der Waals surface area contributed by atoms with E-state index in [0.717, 1.165) is 0 Å². The van der Waals surface area contributed by atoms with Crippen LogP contribution in [0.5, 0.6) is 0 Å². The number of amides is 1. The van der Waals surface area contributed by atoms with E-state index in [4.69, 9.17) is 10.8 Å². The van der Waals surface area contributed by atoms with Gasteiger partial charge in [0.1, 0.15) is 11.8 Å². The lowest BCUT2D eigenvalue weighted by molar-refractivity contribution is -0.138. The third-order valence-corrected chi connectivity index (χ3v) is 2.99. The minimum absolute atomic E-state index is 0.0118. The van der Waals surface area contributed by atoms with Crippen LogP contribution in [-0.4, -0.2) is 46.4 Å². The Balaban J connectivity index is 4.21. The Hall–Kier alpha value is -1.41. The van der Waals surface area contributed by atoms with Crippen molar-refractivity contribution in [3.63, 3.8) is 0 Å². The third kappa shape index (κ3) is 7.90. The monoisotopic (exact) mass is 304 g/mol. The quantitative estimate of drug-likeness (QED) is 0.404. The Bertz CT molecular complexity index is 386. The molecule has 1 amide bonds. The van der Waals surface area contributed by atoms with Crippen molar-refractivity contribution in [2.75, 3.05) is 5.75 Å².